The molecule has 1 N–H and O–H groups in total. The second-order valence-corrected chi connectivity index (χ2v) is 8.72. The van der Waals surface area contributed by atoms with E-state index >= 15 is 0 Å². The minimum Gasteiger partial charge on any atom is -0.490 e. The fourth-order valence-electron chi connectivity index (χ4n) is 3.92. The highest BCUT2D eigenvalue weighted by molar-refractivity contribution is 6.28. The van der Waals surface area contributed by atoms with Gasteiger partial charge in [-0.3, -0.25) is 9.20 Å². The summed E-state index contributed by atoms with van der Waals surface area (Å²) in [5.41, 5.74) is 2.41. The largest absolute Gasteiger partial charge is 0.490 e. The van der Waals surface area contributed by atoms with Gasteiger partial charge < -0.3 is 10.1 Å². The normalized spacial score (nSPS) is 11.2. The number of carbonyl (C=O) groups is 1. The summed E-state index contributed by atoms with van der Waals surface area (Å²) in [6, 6.07) is 15.5. The van der Waals surface area contributed by atoms with E-state index in [2.05, 4.69) is 15.3 Å². The second-order valence-electron chi connectivity index (χ2n) is 8.38. The Bertz CT molecular complexity index is 1620. The number of anilines is 1. The number of carbonyl (C=O) groups excluding carboxylic acids is 1. The average Bonchev–Trinajstić information content (AvgIpc) is 3.26. The summed E-state index contributed by atoms with van der Waals surface area (Å²) in [5, 5.41) is 2.41. The van der Waals surface area contributed by atoms with Crippen LogP contribution in [-0.4, -0.2) is 31.4 Å². The van der Waals surface area contributed by atoms with Gasteiger partial charge in [0.25, 0.3) is 5.91 Å². The van der Waals surface area contributed by atoms with Gasteiger partial charge in [-0.05, 0) is 74.0 Å². The molecule has 0 saturated heterocycles. The van der Waals surface area contributed by atoms with Crippen molar-refractivity contribution in [3.8, 4) is 28.4 Å². The van der Waals surface area contributed by atoms with Crippen LogP contribution in [0.3, 0.4) is 0 Å². The fourth-order valence-corrected chi connectivity index (χ4v) is 4.07. The summed E-state index contributed by atoms with van der Waals surface area (Å²) in [6.07, 6.45) is 3.12. The maximum Gasteiger partial charge on any atom is 0.259 e. The number of hydrogen-bond donors (Lipinski definition) is 1. The topological polar surface area (TPSA) is 81.4 Å². The molecule has 10 heteroatoms. The van der Waals surface area contributed by atoms with Crippen LogP contribution in [0.2, 0.25) is 5.28 Å². The van der Waals surface area contributed by atoms with Crippen LogP contribution < -0.4 is 10.1 Å². The Labute approximate surface area is 215 Å². The van der Waals surface area contributed by atoms with E-state index in [0.717, 1.165) is 12.1 Å². The first-order chi connectivity index (χ1) is 17.8. The van der Waals surface area contributed by atoms with E-state index in [1.165, 1.54) is 12.3 Å². The quantitative estimate of drug-likeness (QED) is 0.261. The lowest BCUT2D eigenvalue weighted by Crippen LogP contribution is -2.17. The van der Waals surface area contributed by atoms with Crippen LogP contribution >= 0.6 is 11.6 Å². The highest BCUT2D eigenvalue weighted by Crippen LogP contribution is 2.35. The number of rotatable bonds is 6. The van der Waals surface area contributed by atoms with E-state index in [1.807, 2.05) is 42.6 Å². The van der Waals surface area contributed by atoms with Gasteiger partial charge in [0, 0.05) is 18.0 Å². The Morgan fingerprint density at radius 2 is 1.81 bits per heavy atom. The molecule has 0 saturated carbocycles. The molecule has 186 valence electrons. The Balaban J connectivity index is 1.67. The third-order valence-corrected chi connectivity index (χ3v) is 5.64. The molecule has 0 atom stereocenters. The van der Waals surface area contributed by atoms with Crippen molar-refractivity contribution in [2.24, 2.45) is 0 Å². The van der Waals surface area contributed by atoms with Crippen molar-refractivity contribution in [1.82, 2.24) is 19.4 Å². The summed E-state index contributed by atoms with van der Waals surface area (Å²) >= 11 is 6.07. The van der Waals surface area contributed by atoms with Crippen LogP contribution in [0.5, 0.6) is 5.75 Å². The number of nitrogens with one attached hydrogen (secondary N) is 1. The standard InChI is InChI=1S/C27H20ClF2N5O2/c1-15(2)37-21-10-9-16(14-17(21)26(36)34-24-18(29)6-5-7-19(24)30)23-25(20-11-12-31-27(28)32-20)35-13-4-3-8-22(35)33-23/h3-15H,1-2H3,(H,34,36). The first kappa shape index (κ1) is 24.3. The van der Waals surface area contributed by atoms with Gasteiger partial charge in [0.05, 0.1) is 28.7 Å². The van der Waals surface area contributed by atoms with Crippen molar-refractivity contribution >= 4 is 28.8 Å². The van der Waals surface area contributed by atoms with Crippen LogP contribution in [0.25, 0.3) is 28.3 Å². The van der Waals surface area contributed by atoms with E-state index in [0.29, 0.717) is 28.3 Å². The first-order valence-electron chi connectivity index (χ1n) is 11.3. The van der Waals surface area contributed by atoms with Gasteiger partial charge in [0.15, 0.2) is 0 Å². The van der Waals surface area contributed by atoms with Gasteiger partial charge in [0.1, 0.15) is 28.7 Å². The molecule has 0 bridgehead atoms. The minimum absolute atomic E-state index is 0.0713. The molecule has 0 aliphatic carbocycles. The van der Waals surface area contributed by atoms with Crippen molar-refractivity contribution < 1.29 is 18.3 Å². The van der Waals surface area contributed by atoms with E-state index < -0.39 is 23.2 Å². The number of benzene rings is 2. The second kappa shape index (κ2) is 9.94. The van der Waals surface area contributed by atoms with Crippen LogP contribution in [0.15, 0.2) is 73.1 Å². The van der Waals surface area contributed by atoms with Gasteiger partial charge in [-0.15, -0.1) is 0 Å². The molecular formula is C27H20ClF2N5O2. The molecule has 0 fully saturated rings. The number of nitrogens with zero attached hydrogens (tertiary/aromatic N) is 4. The summed E-state index contributed by atoms with van der Waals surface area (Å²) in [6.45, 7) is 3.62. The van der Waals surface area contributed by atoms with Crippen molar-refractivity contribution in [3.63, 3.8) is 0 Å². The van der Waals surface area contributed by atoms with E-state index in [1.54, 1.807) is 24.3 Å². The molecule has 3 aromatic heterocycles. The molecule has 37 heavy (non-hydrogen) atoms. The smallest absolute Gasteiger partial charge is 0.259 e. The lowest BCUT2D eigenvalue weighted by Gasteiger charge is -2.16. The predicted octanol–water partition coefficient (Wildman–Crippen LogP) is 6.43. The highest BCUT2D eigenvalue weighted by Gasteiger charge is 2.22. The minimum atomic E-state index is -0.890. The van der Waals surface area contributed by atoms with Crippen molar-refractivity contribution in [2.45, 2.75) is 20.0 Å². The summed E-state index contributed by atoms with van der Waals surface area (Å²) in [4.78, 5) is 26.4. The molecular weight excluding hydrogens is 500 g/mol. The Morgan fingerprint density at radius 1 is 1.03 bits per heavy atom. The van der Waals surface area contributed by atoms with Crippen molar-refractivity contribution in [1.29, 1.82) is 0 Å². The molecule has 0 radical (unpaired) electrons. The lowest BCUT2D eigenvalue weighted by atomic mass is 10.0. The van der Waals surface area contributed by atoms with Crippen LogP contribution in [0, 0.1) is 11.6 Å². The van der Waals surface area contributed by atoms with E-state index in [4.69, 9.17) is 21.3 Å². The maximum atomic E-state index is 14.3. The SMILES string of the molecule is CC(C)Oc1ccc(-c2nc3ccccn3c2-c2ccnc(Cl)n2)cc1C(=O)Nc1c(F)cccc1F. The molecule has 0 aliphatic rings. The zero-order chi connectivity index (χ0) is 26.1. The summed E-state index contributed by atoms with van der Waals surface area (Å²) < 4.78 is 36.2. The molecule has 3 heterocycles. The van der Waals surface area contributed by atoms with Crippen LogP contribution in [0.4, 0.5) is 14.5 Å². The van der Waals surface area contributed by atoms with Crippen LogP contribution in [0.1, 0.15) is 24.2 Å². The van der Waals surface area contributed by atoms with Gasteiger partial charge in [-0.1, -0.05) is 12.1 Å². The van der Waals surface area contributed by atoms with Crippen molar-refractivity contribution in [3.05, 3.63) is 95.5 Å². The van der Waals surface area contributed by atoms with Crippen molar-refractivity contribution in [2.75, 3.05) is 5.32 Å². The monoisotopic (exact) mass is 519 g/mol. The molecule has 0 spiro atoms. The average molecular weight is 520 g/mol. The molecule has 1 amide bonds. The number of aromatic nitrogens is 4. The molecule has 7 nitrogen and oxygen atoms in total. The predicted molar refractivity (Wildman–Crippen MR) is 137 cm³/mol. The lowest BCUT2D eigenvalue weighted by molar-refractivity contribution is 0.102. The molecule has 5 aromatic rings. The fraction of sp³-hybridized carbons (Fsp3) is 0.111. The molecule has 2 aromatic carbocycles. The first-order valence-corrected chi connectivity index (χ1v) is 11.7. The number of ether oxygens (including phenoxy) is 1. The zero-order valence-electron chi connectivity index (χ0n) is 19.7. The third kappa shape index (κ3) is 4.85. The highest BCUT2D eigenvalue weighted by atomic mass is 35.5. The van der Waals surface area contributed by atoms with Crippen LogP contribution in [-0.2, 0) is 0 Å². The Kier molecular flexibility index (Phi) is 6.54. The summed E-state index contributed by atoms with van der Waals surface area (Å²) in [7, 11) is 0. The zero-order valence-corrected chi connectivity index (χ0v) is 20.5. The molecule has 5 rings (SSSR count). The van der Waals surface area contributed by atoms with Gasteiger partial charge in [-0.2, -0.15) is 0 Å². The number of pyridine rings is 1. The molecule has 0 aliphatic heterocycles. The number of fused-ring (bicyclic) bond motifs is 1. The number of imidazole rings is 1. The number of hydrogen-bond acceptors (Lipinski definition) is 5. The van der Waals surface area contributed by atoms with Gasteiger partial charge >= 0.3 is 0 Å². The Hall–Kier alpha value is -4.37. The maximum absolute atomic E-state index is 14.3. The number of amides is 1. The molecule has 0 unspecified atom stereocenters. The van der Waals surface area contributed by atoms with E-state index in [9.17, 15) is 13.6 Å². The Morgan fingerprint density at radius 3 is 2.54 bits per heavy atom. The summed E-state index contributed by atoms with van der Waals surface area (Å²) in [5.74, 6) is -2.27. The van der Waals surface area contributed by atoms with Gasteiger partial charge in [-0.25, -0.2) is 23.7 Å². The number of halogens is 3. The third-order valence-electron chi connectivity index (χ3n) is 5.46. The van der Waals surface area contributed by atoms with Gasteiger partial charge in [0.2, 0.25) is 5.28 Å². The van der Waals surface area contributed by atoms with E-state index in [-0.39, 0.29) is 22.7 Å². The number of para-hydroxylation sites is 1.